The number of pyridine rings is 1. The first-order valence-electron chi connectivity index (χ1n) is 11.4. The van der Waals surface area contributed by atoms with Crippen molar-refractivity contribution in [3.8, 4) is 17.0 Å². The van der Waals surface area contributed by atoms with Gasteiger partial charge >= 0.3 is 5.97 Å². The third-order valence-electron chi connectivity index (χ3n) is 5.71. The lowest BCUT2D eigenvalue weighted by molar-refractivity contribution is -0.136. The fourth-order valence-electron chi connectivity index (χ4n) is 3.75. The van der Waals surface area contributed by atoms with Gasteiger partial charge < -0.3 is 9.84 Å². The van der Waals surface area contributed by atoms with Crippen LogP contribution in [0, 0.1) is 6.92 Å². The van der Waals surface area contributed by atoms with Gasteiger partial charge in [-0.15, -0.1) is 0 Å². The summed E-state index contributed by atoms with van der Waals surface area (Å²) in [5, 5.41) is 8.94. The molecule has 1 atom stereocenters. The van der Waals surface area contributed by atoms with Crippen LogP contribution in [0.2, 0.25) is 0 Å². The van der Waals surface area contributed by atoms with Crippen LogP contribution in [-0.4, -0.2) is 21.8 Å². The van der Waals surface area contributed by atoms with Crippen LogP contribution in [-0.2, 0) is 11.2 Å². The van der Waals surface area contributed by atoms with Crippen LogP contribution in [0.25, 0.3) is 11.3 Å². The monoisotopic (exact) mass is 445 g/mol. The fourth-order valence-corrected chi connectivity index (χ4v) is 3.75. The van der Waals surface area contributed by atoms with Gasteiger partial charge in [-0.2, -0.15) is 0 Å². The minimum absolute atomic E-state index is 0.0422. The maximum atomic E-state index is 11.6. The Morgan fingerprint density at radius 3 is 2.45 bits per heavy atom. The Labute approximate surface area is 195 Å². The number of carboxylic acids is 1. The molecule has 0 unspecified atom stereocenters. The predicted octanol–water partition coefficient (Wildman–Crippen LogP) is 6.59. The van der Waals surface area contributed by atoms with Crippen LogP contribution >= 0.6 is 0 Å². The molecule has 172 valence electrons. The number of ether oxygens (including phenoxy) is 1. The summed E-state index contributed by atoms with van der Waals surface area (Å²) in [6.45, 7) is 5.69. The SMILES string of the molecule is CCCC[C@@H](Oc1ccc(CCC(=O)O)c(C)c1)c1cccc(-c2ccc(C(C)=O)cc2)n1. The van der Waals surface area contributed by atoms with Crippen LogP contribution in [0.4, 0.5) is 0 Å². The second-order valence-electron chi connectivity index (χ2n) is 8.31. The van der Waals surface area contributed by atoms with E-state index in [1.165, 1.54) is 0 Å². The number of carbonyl (C=O) groups is 2. The quantitative estimate of drug-likeness (QED) is 0.337. The number of carbonyl (C=O) groups excluding carboxylic acids is 1. The van der Waals surface area contributed by atoms with Crippen LogP contribution in [0.5, 0.6) is 5.75 Å². The molecule has 5 heteroatoms. The van der Waals surface area contributed by atoms with E-state index in [1.807, 2.05) is 67.6 Å². The lowest BCUT2D eigenvalue weighted by Gasteiger charge is -2.20. The molecule has 0 aliphatic rings. The molecule has 0 aliphatic heterocycles. The van der Waals surface area contributed by atoms with Crippen molar-refractivity contribution in [2.45, 2.75) is 59.0 Å². The van der Waals surface area contributed by atoms with E-state index in [0.717, 1.165) is 53.1 Å². The highest BCUT2D eigenvalue weighted by Gasteiger charge is 2.16. The molecule has 0 saturated heterocycles. The van der Waals surface area contributed by atoms with Gasteiger partial charge in [0.2, 0.25) is 0 Å². The zero-order valence-corrected chi connectivity index (χ0v) is 19.5. The van der Waals surface area contributed by atoms with Gasteiger partial charge in [-0.25, -0.2) is 4.98 Å². The Kier molecular flexibility index (Phi) is 8.36. The van der Waals surface area contributed by atoms with Gasteiger partial charge in [0.25, 0.3) is 0 Å². The van der Waals surface area contributed by atoms with Crippen LogP contribution in [0.1, 0.15) is 72.8 Å². The molecule has 0 radical (unpaired) electrons. The predicted molar refractivity (Wildman–Crippen MR) is 130 cm³/mol. The van der Waals surface area contributed by atoms with Gasteiger partial charge in [-0.3, -0.25) is 9.59 Å². The van der Waals surface area contributed by atoms with E-state index in [9.17, 15) is 9.59 Å². The van der Waals surface area contributed by atoms with E-state index in [0.29, 0.717) is 12.0 Å². The first-order chi connectivity index (χ1) is 15.9. The maximum Gasteiger partial charge on any atom is 0.303 e. The highest BCUT2D eigenvalue weighted by Crippen LogP contribution is 2.29. The van der Waals surface area contributed by atoms with Crippen LogP contribution in [0.15, 0.2) is 60.7 Å². The summed E-state index contributed by atoms with van der Waals surface area (Å²) in [4.78, 5) is 27.3. The summed E-state index contributed by atoms with van der Waals surface area (Å²) in [5.41, 5.74) is 5.38. The van der Waals surface area contributed by atoms with Crippen LogP contribution in [0.3, 0.4) is 0 Å². The van der Waals surface area contributed by atoms with Gasteiger partial charge in [-0.1, -0.05) is 49.7 Å². The van der Waals surface area contributed by atoms with Crippen molar-refractivity contribution < 1.29 is 19.4 Å². The van der Waals surface area contributed by atoms with Crippen molar-refractivity contribution in [2.75, 3.05) is 0 Å². The molecular formula is C28H31NO4. The molecule has 3 rings (SSSR count). The van der Waals surface area contributed by atoms with E-state index in [2.05, 4.69) is 6.92 Å². The molecule has 33 heavy (non-hydrogen) atoms. The normalized spacial score (nSPS) is 11.7. The fraction of sp³-hybridized carbons (Fsp3) is 0.321. The summed E-state index contributed by atoms with van der Waals surface area (Å²) in [5.74, 6) is 0.00231. The summed E-state index contributed by atoms with van der Waals surface area (Å²) >= 11 is 0. The Hall–Kier alpha value is -3.47. The number of ketones is 1. The average Bonchev–Trinajstić information content (AvgIpc) is 2.81. The number of unbranched alkanes of at least 4 members (excludes halogenated alkanes) is 1. The van der Waals surface area contributed by atoms with Gasteiger partial charge in [0.15, 0.2) is 5.78 Å². The largest absolute Gasteiger partial charge is 0.484 e. The third-order valence-corrected chi connectivity index (χ3v) is 5.71. The first kappa shape index (κ1) is 24.2. The summed E-state index contributed by atoms with van der Waals surface area (Å²) in [6, 6.07) is 19.3. The lowest BCUT2D eigenvalue weighted by atomic mass is 10.0. The molecule has 0 amide bonds. The number of nitrogens with zero attached hydrogens (tertiary/aromatic N) is 1. The minimum Gasteiger partial charge on any atom is -0.484 e. The minimum atomic E-state index is -0.795. The zero-order chi connectivity index (χ0) is 23.8. The molecule has 3 aromatic rings. The van der Waals surface area contributed by atoms with E-state index in [1.54, 1.807) is 6.92 Å². The van der Waals surface area contributed by atoms with E-state index >= 15 is 0 Å². The summed E-state index contributed by atoms with van der Waals surface area (Å²) in [6.07, 6.45) is 3.34. The summed E-state index contributed by atoms with van der Waals surface area (Å²) in [7, 11) is 0. The van der Waals surface area contributed by atoms with Gasteiger partial charge in [0, 0.05) is 17.5 Å². The number of benzene rings is 2. The topological polar surface area (TPSA) is 76.5 Å². The third kappa shape index (κ3) is 6.75. The zero-order valence-electron chi connectivity index (χ0n) is 19.5. The number of aryl methyl sites for hydroxylation is 2. The number of rotatable bonds is 11. The lowest BCUT2D eigenvalue weighted by Crippen LogP contribution is -2.10. The van der Waals surface area contributed by atoms with E-state index < -0.39 is 5.97 Å². The van der Waals surface area contributed by atoms with Crippen molar-refractivity contribution in [2.24, 2.45) is 0 Å². The molecule has 0 bridgehead atoms. The second kappa shape index (κ2) is 11.4. The van der Waals surface area contributed by atoms with Crippen molar-refractivity contribution >= 4 is 11.8 Å². The molecule has 1 aromatic heterocycles. The molecular weight excluding hydrogens is 414 g/mol. The molecule has 0 fully saturated rings. The number of carboxylic acid groups (broad SMARTS) is 1. The molecule has 0 saturated carbocycles. The summed E-state index contributed by atoms with van der Waals surface area (Å²) < 4.78 is 6.38. The van der Waals surface area contributed by atoms with Crippen molar-refractivity contribution in [3.63, 3.8) is 0 Å². The molecule has 2 aromatic carbocycles. The molecule has 5 nitrogen and oxygen atoms in total. The molecule has 0 aliphatic carbocycles. The van der Waals surface area contributed by atoms with E-state index in [-0.39, 0.29) is 18.3 Å². The van der Waals surface area contributed by atoms with Gasteiger partial charge in [0.1, 0.15) is 11.9 Å². The Bertz CT molecular complexity index is 1110. The van der Waals surface area contributed by atoms with Gasteiger partial charge in [0.05, 0.1) is 11.4 Å². The molecule has 0 spiro atoms. The number of aliphatic carboxylic acids is 1. The number of Topliss-reactive ketones (excluding diaryl/α,β-unsaturated/α-hetero) is 1. The molecule has 1 heterocycles. The first-order valence-corrected chi connectivity index (χ1v) is 11.4. The standard InChI is InChI=1S/C28H31NO4/c1-4-5-9-27(33-24-16-14-21(19(2)18-24)15-17-28(31)32)26-8-6-7-25(29-26)23-12-10-22(11-13-23)20(3)30/h6-8,10-14,16,18,27H,4-5,9,15,17H2,1-3H3,(H,31,32)/t27-/m1/s1. The van der Waals surface area contributed by atoms with Gasteiger partial charge in [-0.05, 0) is 68.5 Å². The Morgan fingerprint density at radius 2 is 1.82 bits per heavy atom. The number of aromatic nitrogens is 1. The average molecular weight is 446 g/mol. The van der Waals surface area contributed by atoms with Crippen LogP contribution < -0.4 is 4.74 Å². The van der Waals surface area contributed by atoms with E-state index in [4.69, 9.17) is 14.8 Å². The number of hydrogen-bond acceptors (Lipinski definition) is 4. The highest BCUT2D eigenvalue weighted by atomic mass is 16.5. The van der Waals surface area contributed by atoms with Crippen molar-refractivity contribution in [1.29, 1.82) is 0 Å². The Balaban J connectivity index is 1.83. The number of hydrogen-bond donors (Lipinski definition) is 1. The second-order valence-corrected chi connectivity index (χ2v) is 8.31. The maximum absolute atomic E-state index is 11.6. The van der Waals surface area contributed by atoms with Crippen molar-refractivity contribution in [3.05, 3.63) is 83.0 Å². The Morgan fingerprint density at radius 1 is 1.06 bits per heavy atom. The smallest absolute Gasteiger partial charge is 0.303 e. The van der Waals surface area contributed by atoms with Crippen molar-refractivity contribution in [1.82, 2.24) is 4.98 Å². The highest BCUT2D eigenvalue weighted by molar-refractivity contribution is 5.94. The molecule has 1 N–H and O–H groups in total.